The molecule has 0 aliphatic carbocycles. The van der Waals surface area contributed by atoms with Crippen LogP contribution in [0.1, 0.15) is 11.1 Å². The first-order chi connectivity index (χ1) is 12.0. The van der Waals surface area contributed by atoms with E-state index in [0.717, 1.165) is 16.8 Å². The van der Waals surface area contributed by atoms with Crippen molar-refractivity contribution in [2.75, 3.05) is 25.1 Å². The van der Waals surface area contributed by atoms with Gasteiger partial charge in [-0.05, 0) is 41.8 Å². The summed E-state index contributed by atoms with van der Waals surface area (Å²) in [5, 5.41) is 2.85. The number of ether oxygens (including phenoxy) is 1. The summed E-state index contributed by atoms with van der Waals surface area (Å²) in [5.74, 6) is 0.174. The zero-order chi connectivity index (χ0) is 17.8. The fourth-order valence-electron chi connectivity index (χ4n) is 2.67. The third-order valence-electron chi connectivity index (χ3n) is 4.12. The van der Waals surface area contributed by atoms with E-state index in [2.05, 4.69) is 5.32 Å². The van der Waals surface area contributed by atoms with E-state index in [1.807, 2.05) is 18.2 Å². The Bertz CT molecular complexity index is 790. The van der Waals surface area contributed by atoms with Crippen molar-refractivity contribution in [2.24, 2.45) is 0 Å². The summed E-state index contributed by atoms with van der Waals surface area (Å²) in [4.78, 5) is 25.2. The fraction of sp³-hybridized carbons (Fsp3) is 0.263. The second-order valence-corrected chi connectivity index (χ2v) is 5.95. The number of hydrogen-bond donors (Lipinski definition) is 1. The van der Waals surface area contributed by atoms with Gasteiger partial charge in [0.2, 0.25) is 5.91 Å². The van der Waals surface area contributed by atoms with Gasteiger partial charge in [0.15, 0.2) is 6.61 Å². The van der Waals surface area contributed by atoms with Gasteiger partial charge in [-0.1, -0.05) is 18.2 Å². The molecule has 1 aliphatic rings. The predicted molar refractivity (Wildman–Crippen MR) is 92.2 cm³/mol. The molecule has 0 bridgehead atoms. The second kappa shape index (κ2) is 7.34. The highest BCUT2D eigenvalue weighted by Gasteiger charge is 2.22. The lowest BCUT2D eigenvalue weighted by atomic mass is 10.1. The maximum atomic E-state index is 12.9. The van der Waals surface area contributed by atoms with Crippen LogP contribution in [0.2, 0.25) is 0 Å². The van der Waals surface area contributed by atoms with Gasteiger partial charge >= 0.3 is 0 Å². The quantitative estimate of drug-likeness (QED) is 0.905. The van der Waals surface area contributed by atoms with Gasteiger partial charge in [-0.2, -0.15) is 0 Å². The number of rotatable bonds is 5. The fourth-order valence-corrected chi connectivity index (χ4v) is 2.67. The first kappa shape index (κ1) is 17.0. The highest BCUT2D eigenvalue weighted by Crippen LogP contribution is 2.31. The van der Waals surface area contributed by atoms with Crippen molar-refractivity contribution < 1.29 is 18.7 Å². The summed E-state index contributed by atoms with van der Waals surface area (Å²) in [6.07, 6.45) is 0.861. The van der Waals surface area contributed by atoms with Gasteiger partial charge in [0.05, 0.1) is 12.1 Å². The van der Waals surface area contributed by atoms with Gasteiger partial charge in [-0.25, -0.2) is 4.39 Å². The molecule has 0 aromatic heterocycles. The van der Waals surface area contributed by atoms with E-state index in [1.165, 1.54) is 12.1 Å². The predicted octanol–water partition coefficient (Wildman–Crippen LogP) is 2.08. The minimum atomic E-state index is -0.316. The van der Waals surface area contributed by atoms with Crippen LogP contribution in [0.5, 0.6) is 5.75 Å². The normalized spacial score (nSPS) is 13.2. The maximum Gasteiger partial charge on any atom is 0.264 e. The SMILES string of the molecule is CN1C(=O)COc2ccc(CCNC(=O)Cc3ccc(F)cc3)cc21. The van der Waals surface area contributed by atoms with Crippen molar-refractivity contribution >= 4 is 17.5 Å². The number of nitrogens with zero attached hydrogens (tertiary/aromatic N) is 1. The average molecular weight is 342 g/mol. The second-order valence-electron chi connectivity index (χ2n) is 5.95. The van der Waals surface area contributed by atoms with Crippen molar-refractivity contribution in [1.29, 1.82) is 0 Å². The van der Waals surface area contributed by atoms with Crippen LogP contribution < -0.4 is 15.0 Å². The van der Waals surface area contributed by atoms with Gasteiger partial charge in [0.25, 0.3) is 5.91 Å². The standard InChI is InChI=1S/C19H19FN2O3/c1-22-16-10-14(4-7-17(16)25-12-19(22)24)8-9-21-18(23)11-13-2-5-15(20)6-3-13/h2-7,10H,8-9,11-12H2,1H3,(H,21,23). The summed E-state index contributed by atoms with van der Waals surface area (Å²) in [5.41, 5.74) is 2.52. The van der Waals surface area contributed by atoms with Crippen molar-refractivity contribution in [3.05, 3.63) is 59.4 Å². The number of carbonyl (C=O) groups is 2. The maximum absolute atomic E-state index is 12.9. The van der Waals surface area contributed by atoms with Crippen molar-refractivity contribution in [2.45, 2.75) is 12.8 Å². The van der Waals surface area contributed by atoms with Crippen LogP contribution in [-0.2, 0) is 22.4 Å². The summed E-state index contributed by atoms with van der Waals surface area (Å²) in [6, 6.07) is 11.6. The molecule has 1 heterocycles. The van der Waals surface area contributed by atoms with Crippen LogP contribution in [-0.4, -0.2) is 32.0 Å². The van der Waals surface area contributed by atoms with E-state index in [0.29, 0.717) is 18.7 Å². The molecule has 5 nitrogen and oxygen atoms in total. The number of benzene rings is 2. The number of amides is 2. The summed E-state index contributed by atoms with van der Waals surface area (Å²) in [7, 11) is 1.72. The molecule has 0 fully saturated rings. The molecule has 0 unspecified atom stereocenters. The largest absolute Gasteiger partial charge is 0.482 e. The summed E-state index contributed by atoms with van der Waals surface area (Å²) in [6.45, 7) is 0.541. The molecule has 2 amide bonds. The van der Waals surface area contributed by atoms with Crippen LogP contribution in [0.25, 0.3) is 0 Å². The Morgan fingerprint density at radius 3 is 2.68 bits per heavy atom. The average Bonchev–Trinajstić information content (AvgIpc) is 2.60. The molecule has 2 aromatic rings. The van der Waals surface area contributed by atoms with Crippen molar-refractivity contribution in [3.8, 4) is 5.75 Å². The van der Waals surface area contributed by atoms with Gasteiger partial charge in [0, 0.05) is 13.6 Å². The number of likely N-dealkylation sites (N-methyl/N-ethyl adjacent to an activating group) is 1. The van der Waals surface area contributed by atoms with E-state index in [-0.39, 0.29) is 30.7 Å². The number of nitrogens with one attached hydrogen (secondary N) is 1. The smallest absolute Gasteiger partial charge is 0.264 e. The molecule has 1 N–H and O–H groups in total. The number of anilines is 1. The Hall–Kier alpha value is -2.89. The molecule has 0 radical (unpaired) electrons. The molecule has 0 spiro atoms. The molecule has 0 saturated heterocycles. The Balaban J connectivity index is 1.53. The van der Waals surface area contributed by atoms with E-state index in [1.54, 1.807) is 24.1 Å². The monoisotopic (exact) mass is 342 g/mol. The highest BCUT2D eigenvalue weighted by molar-refractivity contribution is 5.97. The van der Waals surface area contributed by atoms with Crippen LogP contribution in [0.15, 0.2) is 42.5 Å². The van der Waals surface area contributed by atoms with E-state index >= 15 is 0 Å². The van der Waals surface area contributed by atoms with Gasteiger partial charge in [-0.15, -0.1) is 0 Å². The molecular formula is C19H19FN2O3. The lowest BCUT2D eigenvalue weighted by Gasteiger charge is -2.26. The first-order valence-corrected chi connectivity index (χ1v) is 8.06. The lowest BCUT2D eigenvalue weighted by molar-refractivity contribution is -0.121. The molecule has 130 valence electrons. The third-order valence-corrected chi connectivity index (χ3v) is 4.12. The van der Waals surface area contributed by atoms with Crippen LogP contribution in [0.3, 0.4) is 0 Å². The molecule has 2 aromatic carbocycles. The van der Waals surface area contributed by atoms with Gasteiger partial charge in [0.1, 0.15) is 11.6 Å². The van der Waals surface area contributed by atoms with E-state index in [9.17, 15) is 14.0 Å². The summed E-state index contributed by atoms with van der Waals surface area (Å²) >= 11 is 0. The molecule has 25 heavy (non-hydrogen) atoms. The molecule has 6 heteroatoms. The Morgan fingerprint density at radius 1 is 1.20 bits per heavy atom. The van der Waals surface area contributed by atoms with Crippen molar-refractivity contribution in [3.63, 3.8) is 0 Å². The van der Waals surface area contributed by atoms with Gasteiger partial charge < -0.3 is 15.0 Å². The van der Waals surface area contributed by atoms with Crippen LogP contribution in [0.4, 0.5) is 10.1 Å². The molecular weight excluding hydrogens is 323 g/mol. The highest BCUT2D eigenvalue weighted by atomic mass is 19.1. The van der Waals surface area contributed by atoms with Gasteiger partial charge in [-0.3, -0.25) is 9.59 Å². The first-order valence-electron chi connectivity index (χ1n) is 8.06. The third kappa shape index (κ3) is 4.15. The zero-order valence-electron chi connectivity index (χ0n) is 13.9. The number of hydrogen-bond acceptors (Lipinski definition) is 3. The zero-order valence-corrected chi connectivity index (χ0v) is 13.9. The van der Waals surface area contributed by atoms with Crippen molar-refractivity contribution in [1.82, 2.24) is 5.32 Å². The van der Waals surface area contributed by atoms with E-state index in [4.69, 9.17) is 4.74 Å². The number of carbonyl (C=O) groups excluding carboxylic acids is 2. The molecule has 0 atom stereocenters. The molecule has 3 rings (SSSR count). The van der Waals surface area contributed by atoms with Crippen LogP contribution >= 0.6 is 0 Å². The molecule has 1 aliphatic heterocycles. The summed E-state index contributed by atoms with van der Waals surface area (Å²) < 4.78 is 18.2. The molecule has 0 saturated carbocycles. The van der Waals surface area contributed by atoms with E-state index < -0.39 is 0 Å². The van der Waals surface area contributed by atoms with Crippen LogP contribution in [0, 0.1) is 5.82 Å². The minimum Gasteiger partial charge on any atom is -0.482 e. The Morgan fingerprint density at radius 2 is 1.92 bits per heavy atom. The lowest BCUT2D eigenvalue weighted by Crippen LogP contribution is -2.35. The minimum absolute atomic E-state index is 0.0578. The number of fused-ring (bicyclic) bond motifs is 1. The topological polar surface area (TPSA) is 58.6 Å². The number of halogens is 1. The Kier molecular flexibility index (Phi) is 4.97. The Labute approximate surface area is 145 Å².